The fourth-order valence-electron chi connectivity index (χ4n) is 2.98. The van der Waals surface area contributed by atoms with Crippen LogP contribution in [0.25, 0.3) is 0 Å². The lowest BCUT2D eigenvalue weighted by molar-refractivity contribution is -0.138. The van der Waals surface area contributed by atoms with Crippen LogP contribution in [-0.2, 0) is 15.3 Å². The number of nitrogens with zero attached hydrogens (tertiary/aromatic N) is 1. The molecule has 0 radical (unpaired) electrons. The highest BCUT2D eigenvalue weighted by Crippen LogP contribution is 2.43. The van der Waals surface area contributed by atoms with E-state index in [9.17, 15) is 14.4 Å². The van der Waals surface area contributed by atoms with Crippen molar-refractivity contribution in [3.05, 3.63) is 79.9 Å². The molecule has 0 aliphatic carbocycles. The third-order valence-electron chi connectivity index (χ3n) is 4.27. The monoisotopic (exact) mass is 414 g/mol. The first-order chi connectivity index (χ1) is 13.5. The second kappa shape index (κ2) is 9.09. The van der Waals surface area contributed by atoms with Gasteiger partial charge in [-0.1, -0.05) is 18.2 Å². The number of nitrogens with one attached hydrogen (secondary N) is 1. The molecule has 0 amide bonds. The topological polar surface area (TPSA) is 62.1 Å². The van der Waals surface area contributed by atoms with Gasteiger partial charge in [0, 0.05) is 16.3 Å². The van der Waals surface area contributed by atoms with E-state index in [1.807, 2.05) is 24.4 Å². The molecule has 7 heteroatoms. The highest BCUT2D eigenvalue weighted by molar-refractivity contribution is 8.02. The van der Waals surface area contributed by atoms with E-state index in [-0.39, 0.29) is 12.4 Å². The van der Waals surface area contributed by atoms with Gasteiger partial charge in [-0.25, -0.2) is 9.18 Å². The van der Waals surface area contributed by atoms with Gasteiger partial charge in [-0.15, -0.1) is 23.1 Å². The molecular weight excluding hydrogens is 395 g/mol. The summed E-state index contributed by atoms with van der Waals surface area (Å²) in [7, 11) is 0. The quantitative estimate of drug-likeness (QED) is 0.668. The molecule has 4 nitrogen and oxygen atoms in total. The molecule has 2 aromatic rings. The maximum absolute atomic E-state index is 13.1. The van der Waals surface area contributed by atoms with E-state index in [2.05, 4.69) is 11.4 Å². The number of hydrogen-bond donors (Lipinski definition) is 1. The number of carbonyl (C=O) groups excluding carboxylic acids is 1. The van der Waals surface area contributed by atoms with E-state index in [1.54, 1.807) is 19.1 Å². The lowest BCUT2D eigenvalue weighted by atomic mass is 9.87. The van der Waals surface area contributed by atoms with E-state index in [1.165, 1.54) is 35.2 Å². The van der Waals surface area contributed by atoms with Crippen LogP contribution in [0.5, 0.6) is 0 Å². The summed E-state index contributed by atoms with van der Waals surface area (Å²) >= 11 is 2.96. The number of carbonyl (C=O) groups is 1. The van der Waals surface area contributed by atoms with Crippen LogP contribution >= 0.6 is 23.1 Å². The van der Waals surface area contributed by atoms with Crippen molar-refractivity contribution in [2.24, 2.45) is 0 Å². The molecule has 0 saturated heterocycles. The second-order valence-electron chi connectivity index (χ2n) is 6.10. The van der Waals surface area contributed by atoms with Crippen molar-refractivity contribution in [2.45, 2.75) is 25.5 Å². The predicted octanol–water partition coefficient (Wildman–Crippen LogP) is 5.08. The standard InChI is InChI=1S/C21H19FN2O2S2/c1-3-26-21(25)18-13(2)24-20(28-12-14-6-8-15(22)9-7-14)16(11-23)19(18)17-5-4-10-27-17/h4-10,19,24H,3,12H2,1-2H3. The molecule has 0 fully saturated rings. The van der Waals surface area contributed by atoms with Crippen LogP contribution < -0.4 is 5.32 Å². The average Bonchev–Trinajstić information content (AvgIpc) is 3.21. The number of rotatable bonds is 6. The maximum atomic E-state index is 13.1. The van der Waals surface area contributed by atoms with Gasteiger partial charge in [-0.05, 0) is 43.0 Å². The molecule has 0 bridgehead atoms. The van der Waals surface area contributed by atoms with Crippen LogP contribution in [0.2, 0.25) is 0 Å². The van der Waals surface area contributed by atoms with Crippen molar-refractivity contribution >= 4 is 29.1 Å². The molecule has 1 atom stereocenters. The van der Waals surface area contributed by atoms with Gasteiger partial charge >= 0.3 is 5.97 Å². The van der Waals surface area contributed by atoms with E-state index >= 15 is 0 Å². The smallest absolute Gasteiger partial charge is 0.336 e. The Kier molecular flexibility index (Phi) is 6.55. The van der Waals surface area contributed by atoms with Gasteiger partial charge in [0.2, 0.25) is 0 Å². The number of esters is 1. The Labute approximate surface area is 171 Å². The zero-order chi connectivity index (χ0) is 20.1. The Balaban J connectivity index is 1.95. The fraction of sp³-hybridized carbons (Fsp3) is 0.238. The number of nitriles is 1. The van der Waals surface area contributed by atoms with Gasteiger partial charge in [-0.3, -0.25) is 0 Å². The highest BCUT2D eigenvalue weighted by Gasteiger charge is 2.35. The van der Waals surface area contributed by atoms with Gasteiger partial charge in [0.15, 0.2) is 0 Å². The normalized spacial score (nSPS) is 16.6. The minimum atomic E-state index is -0.457. The Bertz CT molecular complexity index is 957. The maximum Gasteiger partial charge on any atom is 0.336 e. The van der Waals surface area contributed by atoms with Crippen LogP contribution in [0, 0.1) is 17.1 Å². The summed E-state index contributed by atoms with van der Waals surface area (Å²) in [6, 6.07) is 12.4. The van der Waals surface area contributed by atoms with Gasteiger partial charge in [0.25, 0.3) is 0 Å². The molecule has 0 saturated carbocycles. The second-order valence-corrected chi connectivity index (χ2v) is 8.07. The summed E-state index contributed by atoms with van der Waals surface area (Å²) in [5, 5.41) is 15.7. The van der Waals surface area contributed by atoms with Crippen LogP contribution in [0.4, 0.5) is 4.39 Å². The van der Waals surface area contributed by atoms with Crippen molar-refractivity contribution in [3.8, 4) is 6.07 Å². The number of benzene rings is 1. The minimum Gasteiger partial charge on any atom is -0.463 e. The Hall–Kier alpha value is -2.56. The lowest BCUT2D eigenvalue weighted by Gasteiger charge is -2.28. The Morgan fingerprint density at radius 1 is 1.36 bits per heavy atom. The van der Waals surface area contributed by atoms with Gasteiger partial charge in [0.1, 0.15) is 5.82 Å². The van der Waals surface area contributed by atoms with E-state index in [0.29, 0.717) is 27.6 Å². The molecule has 1 unspecified atom stereocenters. The van der Waals surface area contributed by atoms with Crippen LogP contribution in [0.15, 0.2) is 63.7 Å². The van der Waals surface area contributed by atoms with Gasteiger partial charge < -0.3 is 10.1 Å². The summed E-state index contributed by atoms with van der Waals surface area (Å²) in [4.78, 5) is 13.5. The molecule has 28 heavy (non-hydrogen) atoms. The van der Waals surface area contributed by atoms with E-state index in [4.69, 9.17) is 4.74 Å². The molecule has 1 aliphatic heterocycles. The summed E-state index contributed by atoms with van der Waals surface area (Å²) in [6.45, 7) is 3.85. The number of allylic oxidation sites excluding steroid dienone is 2. The summed E-state index contributed by atoms with van der Waals surface area (Å²) < 4.78 is 18.4. The number of ether oxygens (including phenoxy) is 1. The minimum absolute atomic E-state index is 0.268. The fourth-order valence-corrected chi connectivity index (χ4v) is 4.87. The first-order valence-corrected chi connectivity index (χ1v) is 10.6. The highest BCUT2D eigenvalue weighted by atomic mass is 32.2. The van der Waals surface area contributed by atoms with Crippen molar-refractivity contribution < 1.29 is 13.9 Å². The summed E-state index contributed by atoms with van der Waals surface area (Å²) in [5.41, 5.74) is 2.58. The molecule has 1 N–H and O–H groups in total. The average molecular weight is 415 g/mol. The number of thiophene rings is 1. The molecule has 2 heterocycles. The molecular formula is C21H19FN2O2S2. The molecule has 1 aromatic carbocycles. The van der Waals surface area contributed by atoms with E-state index in [0.717, 1.165) is 10.4 Å². The number of thioether (sulfide) groups is 1. The molecule has 1 aromatic heterocycles. The van der Waals surface area contributed by atoms with Crippen LogP contribution in [-0.4, -0.2) is 12.6 Å². The van der Waals surface area contributed by atoms with Crippen molar-refractivity contribution in [3.63, 3.8) is 0 Å². The molecule has 0 spiro atoms. The van der Waals surface area contributed by atoms with Gasteiger partial charge in [-0.2, -0.15) is 5.26 Å². The van der Waals surface area contributed by atoms with Crippen LogP contribution in [0.1, 0.15) is 30.2 Å². The molecule has 144 valence electrons. The first kappa shape index (κ1) is 20.2. The zero-order valence-corrected chi connectivity index (χ0v) is 17.1. The summed E-state index contributed by atoms with van der Waals surface area (Å²) in [6.07, 6.45) is 0. The van der Waals surface area contributed by atoms with Crippen molar-refractivity contribution in [2.75, 3.05) is 6.61 Å². The molecule has 3 rings (SSSR count). The first-order valence-electron chi connectivity index (χ1n) is 8.75. The predicted molar refractivity (Wildman–Crippen MR) is 110 cm³/mol. The Morgan fingerprint density at radius 2 is 2.11 bits per heavy atom. The number of halogens is 1. The SMILES string of the molecule is CCOC(=O)C1=C(C)NC(SCc2ccc(F)cc2)=C(C#N)C1c1cccs1. The lowest BCUT2D eigenvalue weighted by Crippen LogP contribution is -2.28. The van der Waals surface area contributed by atoms with E-state index < -0.39 is 11.9 Å². The van der Waals surface area contributed by atoms with Crippen molar-refractivity contribution in [1.82, 2.24) is 5.32 Å². The third kappa shape index (κ3) is 4.29. The van der Waals surface area contributed by atoms with Crippen molar-refractivity contribution in [1.29, 1.82) is 5.26 Å². The Morgan fingerprint density at radius 3 is 2.71 bits per heavy atom. The summed E-state index contributed by atoms with van der Waals surface area (Å²) in [5.74, 6) is -0.577. The third-order valence-corrected chi connectivity index (χ3v) is 6.29. The van der Waals surface area contributed by atoms with Gasteiger partial charge in [0.05, 0.1) is 34.8 Å². The molecule has 1 aliphatic rings. The zero-order valence-electron chi connectivity index (χ0n) is 15.5. The largest absolute Gasteiger partial charge is 0.463 e. The number of dihydropyridines is 1. The van der Waals surface area contributed by atoms with Crippen LogP contribution in [0.3, 0.4) is 0 Å². The number of hydrogen-bond acceptors (Lipinski definition) is 6.